The Morgan fingerprint density at radius 3 is 2.43 bits per heavy atom. The summed E-state index contributed by atoms with van der Waals surface area (Å²) in [6.07, 6.45) is 3.93. The number of aromatic nitrogens is 2. The average molecular weight is 370 g/mol. The van der Waals surface area contributed by atoms with Gasteiger partial charge in [-0.3, -0.25) is 0 Å². The molecule has 6 nitrogen and oxygen atoms in total. The lowest BCUT2D eigenvalue weighted by molar-refractivity contribution is 0.419. The number of rotatable bonds is 5. The number of nitrogens with zero attached hydrogens (tertiary/aromatic N) is 2. The lowest BCUT2D eigenvalue weighted by Crippen LogP contribution is -2.00. The highest BCUT2D eigenvalue weighted by molar-refractivity contribution is 5.95. The SMILES string of the molecule is COc1cccc2[nH]cc([C@H](C#N)c3ccc(OC)c4c(CC#N)c[nH]c34)c12. The van der Waals surface area contributed by atoms with Crippen LogP contribution >= 0.6 is 0 Å². The summed E-state index contributed by atoms with van der Waals surface area (Å²) in [6.45, 7) is 0. The summed E-state index contributed by atoms with van der Waals surface area (Å²) < 4.78 is 11.0. The average Bonchev–Trinajstić information content (AvgIpc) is 3.34. The molecule has 138 valence electrons. The van der Waals surface area contributed by atoms with Crippen molar-refractivity contribution in [2.45, 2.75) is 12.3 Å². The molecule has 0 radical (unpaired) electrons. The second-order valence-corrected chi connectivity index (χ2v) is 6.44. The number of H-pyrrole nitrogens is 2. The molecule has 28 heavy (non-hydrogen) atoms. The van der Waals surface area contributed by atoms with Crippen LogP contribution < -0.4 is 9.47 Å². The lowest BCUT2D eigenvalue weighted by atomic mass is 9.90. The number of methoxy groups -OCH3 is 2. The van der Waals surface area contributed by atoms with E-state index in [1.54, 1.807) is 14.2 Å². The summed E-state index contributed by atoms with van der Waals surface area (Å²) in [5.41, 5.74) is 4.24. The number of hydrogen-bond donors (Lipinski definition) is 2. The van der Waals surface area contributed by atoms with Crippen molar-refractivity contribution >= 4 is 21.8 Å². The van der Waals surface area contributed by atoms with Crippen molar-refractivity contribution in [2.24, 2.45) is 0 Å². The molecule has 0 amide bonds. The number of hydrogen-bond acceptors (Lipinski definition) is 4. The van der Waals surface area contributed by atoms with Crippen molar-refractivity contribution in [1.29, 1.82) is 10.5 Å². The van der Waals surface area contributed by atoms with Gasteiger partial charge in [-0.1, -0.05) is 12.1 Å². The number of nitriles is 2. The second kappa shape index (κ2) is 7.02. The topological polar surface area (TPSA) is 97.6 Å². The standard InChI is InChI=1S/C22H18N4O2/c1-27-18-5-3-4-17-21(18)16(12-25-17)15(10-24)14-6-7-19(28-2)20-13(8-9-23)11-26-22(14)20/h3-7,11-12,15,25-26H,8H2,1-2H3/t15-/m1/s1. The Balaban J connectivity index is 1.97. The fraction of sp³-hybridized carbons (Fsp3) is 0.182. The van der Waals surface area contributed by atoms with Gasteiger partial charge in [0.15, 0.2) is 0 Å². The van der Waals surface area contributed by atoms with Crippen molar-refractivity contribution in [3.8, 4) is 23.6 Å². The van der Waals surface area contributed by atoms with E-state index >= 15 is 0 Å². The summed E-state index contributed by atoms with van der Waals surface area (Å²) in [4.78, 5) is 6.48. The minimum Gasteiger partial charge on any atom is -0.496 e. The predicted molar refractivity (Wildman–Crippen MR) is 106 cm³/mol. The normalized spacial score (nSPS) is 11.9. The Labute approximate surface area is 161 Å². The smallest absolute Gasteiger partial charge is 0.128 e. The van der Waals surface area contributed by atoms with Crippen LogP contribution in [0.4, 0.5) is 0 Å². The molecule has 0 spiro atoms. The summed E-state index contributed by atoms with van der Waals surface area (Å²) in [7, 11) is 3.22. The molecule has 4 rings (SSSR count). The van der Waals surface area contributed by atoms with Crippen LogP contribution in [0.5, 0.6) is 11.5 Å². The van der Waals surface area contributed by atoms with Crippen LogP contribution in [0.1, 0.15) is 22.6 Å². The third-order valence-corrected chi connectivity index (χ3v) is 5.07. The first kappa shape index (κ1) is 17.5. The number of ether oxygens (including phenoxy) is 2. The number of fused-ring (bicyclic) bond motifs is 2. The second-order valence-electron chi connectivity index (χ2n) is 6.44. The van der Waals surface area contributed by atoms with Crippen molar-refractivity contribution in [2.75, 3.05) is 14.2 Å². The van der Waals surface area contributed by atoms with Crippen LogP contribution in [-0.4, -0.2) is 24.2 Å². The first-order chi connectivity index (χ1) is 13.7. The van der Waals surface area contributed by atoms with Gasteiger partial charge in [0.2, 0.25) is 0 Å². The Hall–Kier alpha value is -3.90. The predicted octanol–water partition coefficient (Wildman–Crippen LogP) is 4.39. The highest BCUT2D eigenvalue weighted by Crippen LogP contribution is 2.40. The molecular weight excluding hydrogens is 352 g/mol. The van der Waals surface area contributed by atoms with Gasteiger partial charge in [0.25, 0.3) is 0 Å². The van der Waals surface area contributed by atoms with Crippen LogP contribution in [0.15, 0.2) is 42.7 Å². The van der Waals surface area contributed by atoms with Crippen molar-refractivity contribution in [3.63, 3.8) is 0 Å². The van der Waals surface area contributed by atoms with E-state index in [4.69, 9.17) is 14.7 Å². The minimum atomic E-state index is -0.521. The molecule has 0 bridgehead atoms. The van der Waals surface area contributed by atoms with Gasteiger partial charge < -0.3 is 19.4 Å². The summed E-state index contributed by atoms with van der Waals surface area (Å²) in [5.74, 6) is 0.876. The summed E-state index contributed by atoms with van der Waals surface area (Å²) in [5, 5.41) is 20.9. The molecule has 0 saturated heterocycles. The van der Waals surface area contributed by atoms with Crippen LogP contribution in [0.2, 0.25) is 0 Å². The van der Waals surface area contributed by atoms with Crippen LogP contribution in [0.25, 0.3) is 21.8 Å². The first-order valence-corrected chi connectivity index (χ1v) is 8.80. The highest BCUT2D eigenvalue weighted by Gasteiger charge is 2.24. The largest absolute Gasteiger partial charge is 0.496 e. The number of benzene rings is 2. The third-order valence-electron chi connectivity index (χ3n) is 5.07. The zero-order chi connectivity index (χ0) is 19.7. The van der Waals surface area contributed by atoms with Crippen molar-refractivity contribution in [3.05, 3.63) is 59.4 Å². The van der Waals surface area contributed by atoms with E-state index in [2.05, 4.69) is 22.1 Å². The van der Waals surface area contributed by atoms with Crippen LogP contribution in [-0.2, 0) is 6.42 Å². The van der Waals surface area contributed by atoms with Gasteiger partial charge in [-0.2, -0.15) is 10.5 Å². The molecule has 2 aromatic heterocycles. The fourth-order valence-corrected chi connectivity index (χ4v) is 3.82. The number of aromatic amines is 2. The molecule has 0 unspecified atom stereocenters. The van der Waals surface area contributed by atoms with Gasteiger partial charge >= 0.3 is 0 Å². The molecule has 2 heterocycles. The van der Waals surface area contributed by atoms with Gasteiger partial charge in [0.05, 0.1) is 38.3 Å². The highest BCUT2D eigenvalue weighted by atomic mass is 16.5. The van der Waals surface area contributed by atoms with E-state index in [1.807, 2.05) is 42.7 Å². The quantitative estimate of drug-likeness (QED) is 0.544. The molecule has 4 aromatic rings. The third kappa shape index (κ3) is 2.55. The van der Waals surface area contributed by atoms with Crippen LogP contribution in [0, 0.1) is 22.7 Å². The molecule has 1 atom stereocenters. The maximum absolute atomic E-state index is 10.1. The Morgan fingerprint density at radius 2 is 1.71 bits per heavy atom. The number of nitrogens with one attached hydrogen (secondary N) is 2. The minimum absolute atomic E-state index is 0.262. The molecule has 6 heteroatoms. The monoisotopic (exact) mass is 370 g/mol. The molecule has 0 aliphatic rings. The lowest BCUT2D eigenvalue weighted by Gasteiger charge is -2.14. The summed E-state index contributed by atoms with van der Waals surface area (Å²) >= 11 is 0. The van der Waals surface area contributed by atoms with E-state index < -0.39 is 5.92 Å². The molecule has 0 aliphatic heterocycles. The molecule has 0 fully saturated rings. The molecular formula is C22H18N4O2. The van der Waals surface area contributed by atoms with Crippen LogP contribution in [0.3, 0.4) is 0 Å². The first-order valence-electron chi connectivity index (χ1n) is 8.80. The Bertz CT molecular complexity index is 1250. The summed E-state index contributed by atoms with van der Waals surface area (Å²) in [6, 6.07) is 14.1. The van der Waals surface area contributed by atoms with Gasteiger partial charge in [0.1, 0.15) is 17.4 Å². The zero-order valence-electron chi connectivity index (χ0n) is 15.5. The Morgan fingerprint density at radius 1 is 0.929 bits per heavy atom. The van der Waals surface area contributed by atoms with E-state index in [9.17, 15) is 5.26 Å². The van der Waals surface area contributed by atoms with E-state index in [1.165, 1.54) is 0 Å². The van der Waals surface area contributed by atoms with E-state index in [0.29, 0.717) is 5.75 Å². The maximum Gasteiger partial charge on any atom is 0.128 e. The van der Waals surface area contributed by atoms with E-state index in [-0.39, 0.29) is 6.42 Å². The van der Waals surface area contributed by atoms with Gasteiger partial charge in [0, 0.05) is 34.2 Å². The molecule has 2 N–H and O–H groups in total. The Kier molecular flexibility index (Phi) is 4.39. The van der Waals surface area contributed by atoms with Gasteiger partial charge in [-0.25, -0.2) is 0 Å². The van der Waals surface area contributed by atoms with Crippen molar-refractivity contribution < 1.29 is 9.47 Å². The molecule has 0 saturated carbocycles. The molecule has 0 aliphatic carbocycles. The zero-order valence-corrected chi connectivity index (χ0v) is 15.5. The van der Waals surface area contributed by atoms with Gasteiger partial charge in [-0.15, -0.1) is 0 Å². The molecule has 2 aromatic carbocycles. The fourth-order valence-electron chi connectivity index (χ4n) is 3.82. The van der Waals surface area contributed by atoms with Crippen molar-refractivity contribution in [1.82, 2.24) is 9.97 Å². The van der Waals surface area contributed by atoms with Gasteiger partial charge in [-0.05, 0) is 29.3 Å². The van der Waals surface area contributed by atoms with E-state index in [0.717, 1.165) is 44.2 Å². The maximum atomic E-state index is 10.1.